The number of amides is 1. The Morgan fingerprint density at radius 1 is 1.55 bits per heavy atom. The highest BCUT2D eigenvalue weighted by Crippen LogP contribution is 2.27. The van der Waals surface area contributed by atoms with Crippen molar-refractivity contribution in [3.8, 4) is 0 Å². The van der Waals surface area contributed by atoms with Gasteiger partial charge in [-0.25, -0.2) is 0 Å². The Hall–Kier alpha value is -1.82. The van der Waals surface area contributed by atoms with Crippen LogP contribution in [-0.4, -0.2) is 38.7 Å². The zero-order valence-corrected chi connectivity index (χ0v) is 11.9. The molecule has 0 radical (unpaired) electrons. The van der Waals surface area contributed by atoms with Gasteiger partial charge in [-0.15, -0.1) is 10.2 Å². The molecule has 0 aromatic carbocycles. The van der Waals surface area contributed by atoms with Crippen molar-refractivity contribution in [1.29, 1.82) is 0 Å². The quantitative estimate of drug-likeness (QED) is 0.850. The molecule has 106 valence electrons. The van der Waals surface area contributed by atoms with Crippen molar-refractivity contribution in [1.82, 2.24) is 19.7 Å². The first-order chi connectivity index (χ1) is 9.66. The number of hydrogen-bond acceptors (Lipinski definition) is 4. The number of likely N-dealkylation sites (tertiary alicyclic amines) is 1. The van der Waals surface area contributed by atoms with E-state index < -0.39 is 0 Å². The fraction of sp³-hybridized carbons (Fsp3) is 0.462. The van der Waals surface area contributed by atoms with Crippen LogP contribution in [0.2, 0.25) is 5.22 Å². The summed E-state index contributed by atoms with van der Waals surface area (Å²) in [6.45, 7) is 1.36. The van der Waals surface area contributed by atoms with Gasteiger partial charge in [-0.1, -0.05) is 0 Å². The van der Waals surface area contributed by atoms with Crippen LogP contribution in [0.1, 0.15) is 34.9 Å². The molecule has 6 nitrogen and oxygen atoms in total. The topological polar surface area (TPSA) is 64.2 Å². The third kappa shape index (κ3) is 2.31. The number of piperidine rings is 1. The first-order valence-corrected chi connectivity index (χ1v) is 6.90. The molecule has 0 N–H and O–H groups in total. The van der Waals surface area contributed by atoms with Crippen molar-refractivity contribution in [2.24, 2.45) is 7.05 Å². The number of carbonyl (C=O) groups excluding carboxylic acids is 1. The minimum Gasteiger partial charge on any atom is -0.452 e. The van der Waals surface area contributed by atoms with Crippen LogP contribution >= 0.6 is 11.6 Å². The molecule has 0 aliphatic carbocycles. The van der Waals surface area contributed by atoms with Crippen LogP contribution in [0.4, 0.5) is 0 Å². The number of rotatable bonds is 2. The van der Waals surface area contributed by atoms with Gasteiger partial charge in [0.1, 0.15) is 12.2 Å². The van der Waals surface area contributed by atoms with E-state index in [4.69, 9.17) is 16.0 Å². The van der Waals surface area contributed by atoms with Gasteiger partial charge in [-0.3, -0.25) is 4.79 Å². The maximum atomic E-state index is 12.4. The molecular formula is C13H15ClN4O2. The Kier molecular flexibility index (Phi) is 3.48. The predicted molar refractivity (Wildman–Crippen MR) is 72.6 cm³/mol. The molecule has 2 aromatic rings. The lowest BCUT2D eigenvalue weighted by atomic mass is 9.96. The van der Waals surface area contributed by atoms with Crippen LogP contribution in [0, 0.1) is 0 Å². The number of halogens is 1. The first-order valence-electron chi connectivity index (χ1n) is 6.53. The molecule has 20 heavy (non-hydrogen) atoms. The van der Waals surface area contributed by atoms with Crippen molar-refractivity contribution in [2.45, 2.75) is 18.8 Å². The van der Waals surface area contributed by atoms with Gasteiger partial charge in [-0.2, -0.15) is 0 Å². The van der Waals surface area contributed by atoms with Crippen LogP contribution in [0.3, 0.4) is 0 Å². The first kappa shape index (κ1) is 13.2. The largest absolute Gasteiger partial charge is 0.452 e. The highest BCUT2D eigenvalue weighted by molar-refractivity contribution is 6.32. The molecule has 1 unspecified atom stereocenters. The lowest BCUT2D eigenvalue weighted by Crippen LogP contribution is -2.39. The maximum Gasteiger partial charge on any atom is 0.258 e. The third-order valence-corrected chi connectivity index (χ3v) is 3.96. The second-order valence-electron chi connectivity index (χ2n) is 5.00. The zero-order valence-electron chi connectivity index (χ0n) is 11.1. The van der Waals surface area contributed by atoms with Gasteiger partial charge in [0.2, 0.25) is 5.22 Å². The van der Waals surface area contributed by atoms with E-state index in [9.17, 15) is 4.79 Å². The lowest BCUT2D eigenvalue weighted by Gasteiger charge is -2.32. The molecule has 0 spiro atoms. The number of carbonyl (C=O) groups is 1. The van der Waals surface area contributed by atoms with Gasteiger partial charge in [0.15, 0.2) is 0 Å². The van der Waals surface area contributed by atoms with E-state index in [-0.39, 0.29) is 17.0 Å². The van der Waals surface area contributed by atoms with E-state index in [0.717, 1.165) is 25.2 Å². The molecule has 3 rings (SSSR count). The van der Waals surface area contributed by atoms with Crippen molar-refractivity contribution in [3.63, 3.8) is 0 Å². The van der Waals surface area contributed by atoms with Crippen LogP contribution in [-0.2, 0) is 7.05 Å². The van der Waals surface area contributed by atoms with Gasteiger partial charge in [0, 0.05) is 26.1 Å². The maximum absolute atomic E-state index is 12.4. The Labute approximate surface area is 121 Å². The van der Waals surface area contributed by atoms with Crippen molar-refractivity contribution >= 4 is 17.5 Å². The minimum atomic E-state index is -0.0874. The fourth-order valence-electron chi connectivity index (χ4n) is 2.65. The van der Waals surface area contributed by atoms with E-state index in [1.165, 1.54) is 6.26 Å². The van der Waals surface area contributed by atoms with E-state index in [2.05, 4.69) is 10.2 Å². The monoisotopic (exact) mass is 294 g/mol. The second kappa shape index (κ2) is 5.28. The zero-order chi connectivity index (χ0) is 14.1. The van der Waals surface area contributed by atoms with Crippen LogP contribution < -0.4 is 0 Å². The van der Waals surface area contributed by atoms with Gasteiger partial charge in [0.05, 0.1) is 11.8 Å². The molecule has 7 heteroatoms. The lowest BCUT2D eigenvalue weighted by molar-refractivity contribution is 0.0703. The van der Waals surface area contributed by atoms with Crippen LogP contribution in [0.5, 0.6) is 0 Å². The SMILES string of the molecule is Cn1cnnc1C1CCCN(C(=O)c2ccoc2Cl)C1. The minimum absolute atomic E-state index is 0.0874. The van der Waals surface area contributed by atoms with Crippen molar-refractivity contribution < 1.29 is 9.21 Å². The summed E-state index contributed by atoms with van der Waals surface area (Å²) in [6.07, 6.45) is 5.07. The smallest absolute Gasteiger partial charge is 0.258 e. The Balaban J connectivity index is 1.77. The summed E-state index contributed by atoms with van der Waals surface area (Å²) in [6, 6.07) is 1.61. The van der Waals surface area contributed by atoms with E-state index in [1.807, 2.05) is 11.6 Å². The van der Waals surface area contributed by atoms with E-state index in [1.54, 1.807) is 17.3 Å². The molecule has 1 amide bonds. The summed E-state index contributed by atoms with van der Waals surface area (Å²) in [5.41, 5.74) is 0.422. The van der Waals surface area contributed by atoms with Crippen LogP contribution in [0.15, 0.2) is 23.1 Å². The summed E-state index contributed by atoms with van der Waals surface area (Å²) in [5.74, 6) is 1.04. The predicted octanol–water partition coefficient (Wildman–Crippen LogP) is 2.08. The Morgan fingerprint density at radius 2 is 2.40 bits per heavy atom. The molecular weight excluding hydrogens is 280 g/mol. The summed E-state index contributed by atoms with van der Waals surface area (Å²) in [7, 11) is 1.92. The number of furan rings is 1. The summed E-state index contributed by atoms with van der Waals surface area (Å²) in [4.78, 5) is 14.2. The van der Waals surface area contributed by atoms with Gasteiger partial charge < -0.3 is 13.9 Å². The average Bonchev–Trinajstić information content (AvgIpc) is 3.07. The molecule has 3 heterocycles. The second-order valence-corrected chi connectivity index (χ2v) is 5.34. The Bertz CT molecular complexity index is 621. The van der Waals surface area contributed by atoms with Crippen molar-refractivity contribution in [2.75, 3.05) is 13.1 Å². The summed E-state index contributed by atoms with van der Waals surface area (Å²) in [5, 5.41) is 8.20. The third-order valence-electron chi connectivity index (χ3n) is 3.67. The molecule has 1 saturated heterocycles. The molecule has 1 fully saturated rings. The molecule has 1 aliphatic heterocycles. The normalized spacial score (nSPS) is 19.3. The van der Waals surface area contributed by atoms with Gasteiger partial charge >= 0.3 is 0 Å². The van der Waals surface area contributed by atoms with Crippen LogP contribution in [0.25, 0.3) is 0 Å². The van der Waals surface area contributed by atoms with E-state index in [0.29, 0.717) is 12.1 Å². The van der Waals surface area contributed by atoms with Crippen molar-refractivity contribution in [3.05, 3.63) is 35.3 Å². The van der Waals surface area contributed by atoms with Gasteiger partial charge in [0.25, 0.3) is 5.91 Å². The Morgan fingerprint density at radius 3 is 3.05 bits per heavy atom. The molecule has 0 saturated carbocycles. The molecule has 1 aliphatic rings. The number of aryl methyl sites for hydroxylation is 1. The molecule has 2 aromatic heterocycles. The fourth-order valence-corrected chi connectivity index (χ4v) is 2.85. The molecule has 1 atom stereocenters. The average molecular weight is 295 g/mol. The summed E-state index contributed by atoms with van der Waals surface area (Å²) < 4.78 is 6.89. The standard InChI is InChI=1S/C13H15ClN4O2/c1-17-8-15-16-12(17)9-3-2-5-18(7-9)13(19)10-4-6-20-11(10)14/h4,6,8-9H,2-3,5,7H2,1H3. The van der Waals surface area contributed by atoms with Gasteiger partial charge in [-0.05, 0) is 30.5 Å². The number of nitrogens with zero attached hydrogens (tertiary/aromatic N) is 4. The van der Waals surface area contributed by atoms with E-state index >= 15 is 0 Å². The highest BCUT2D eigenvalue weighted by atomic mass is 35.5. The number of aromatic nitrogens is 3. The number of hydrogen-bond donors (Lipinski definition) is 0. The summed E-state index contributed by atoms with van der Waals surface area (Å²) >= 11 is 5.87. The molecule has 0 bridgehead atoms. The highest BCUT2D eigenvalue weighted by Gasteiger charge is 2.29.